The summed E-state index contributed by atoms with van der Waals surface area (Å²) >= 11 is 0. The lowest BCUT2D eigenvalue weighted by Gasteiger charge is -2.25. The van der Waals surface area contributed by atoms with Crippen LogP contribution in [0.3, 0.4) is 0 Å². The van der Waals surface area contributed by atoms with Gasteiger partial charge in [0.15, 0.2) is 6.10 Å². The Labute approximate surface area is 162 Å². The Bertz CT molecular complexity index is 1090. The summed E-state index contributed by atoms with van der Waals surface area (Å²) in [5.74, 6) is -0.801. The summed E-state index contributed by atoms with van der Waals surface area (Å²) < 4.78 is 6.86. The predicted octanol–water partition coefficient (Wildman–Crippen LogP) is 2.26. The molecular weight excluding hydrogens is 358 g/mol. The third kappa shape index (κ3) is 3.00. The van der Waals surface area contributed by atoms with E-state index >= 15 is 0 Å². The minimum atomic E-state index is -0.955. The molecule has 4 rings (SSSR count). The fourth-order valence-electron chi connectivity index (χ4n) is 3.61. The van der Waals surface area contributed by atoms with Gasteiger partial charge in [-0.1, -0.05) is 18.2 Å². The van der Waals surface area contributed by atoms with E-state index in [1.807, 2.05) is 51.1 Å². The first-order valence-corrected chi connectivity index (χ1v) is 9.18. The second-order valence-corrected chi connectivity index (χ2v) is 7.12. The standard InChI is InChI=1S/C20H21N5O3/c1-11-9-13(3)25-20(21-11)22-17(23-25)19(27)28-14(4)18(26)24-12(2)10-15-7-5-6-8-16(15)24/h5-9,12,14H,10H2,1-4H3/t12-,14+/m1/s1. The number of nitrogens with zero attached hydrogens (tertiary/aromatic N) is 5. The Morgan fingerprint density at radius 1 is 1.21 bits per heavy atom. The van der Waals surface area contributed by atoms with Crippen molar-refractivity contribution in [3.05, 3.63) is 53.1 Å². The number of carbonyl (C=O) groups excluding carboxylic acids is 2. The molecule has 1 aliphatic heterocycles. The van der Waals surface area contributed by atoms with Gasteiger partial charge in [-0.3, -0.25) is 4.79 Å². The number of rotatable bonds is 3. The second kappa shape index (κ2) is 6.70. The van der Waals surface area contributed by atoms with Crippen molar-refractivity contribution in [1.29, 1.82) is 0 Å². The molecule has 0 aliphatic carbocycles. The maximum Gasteiger partial charge on any atom is 0.379 e. The van der Waals surface area contributed by atoms with Crippen LogP contribution in [0.4, 0.5) is 5.69 Å². The molecule has 1 aliphatic rings. The Balaban J connectivity index is 1.53. The molecule has 0 bridgehead atoms. The topological polar surface area (TPSA) is 89.7 Å². The summed E-state index contributed by atoms with van der Waals surface area (Å²) in [7, 11) is 0. The van der Waals surface area contributed by atoms with Gasteiger partial charge >= 0.3 is 5.97 Å². The van der Waals surface area contributed by atoms with Gasteiger partial charge in [-0.15, -0.1) is 5.10 Å². The smallest absolute Gasteiger partial charge is 0.379 e. The first-order valence-electron chi connectivity index (χ1n) is 9.18. The number of amides is 1. The molecule has 0 saturated carbocycles. The number of esters is 1. The number of hydrogen-bond donors (Lipinski definition) is 0. The van der Waals surface area contributed by atoms with Gasteiger partial charge in [-0.25, -0.2) is 14.3 Å². The fourth-order valence-corrected chi connectivity index (χ4v) is 3.61. The zero-order chi connectivity index (χ0) is 20.0. The zero-order valence-corrected chi connectivity index (χ0v) is 16.2. The van der Waals surface area contributed by atoms with Gasteiger partial charge in [0.05, 0.1) is 0 Å². The van der Waals surface area contributed by atoms with Gasteiger partial charge in [0.25, 0.3) is 17.5 Å². The maximum absolute atomic E-state index is 12.9. The number of fused-ring (bicyclic) bond motifs is 2. The first-order chi connectivity index (χ1) is 13.3. The number of aryl methyl sites for hydroxylation is 2. The second-order valence-electron chi connectivity index (χ2n) is 7.12. The summed E-state index contributed by atoms with van der Waals surface area (Å²) in [5.41, 5.74) is 3.56. The fraction of sp³-hybridized carbons (Fsp3) is 0.350. The molecule has 1 amide bonds. The van der Waals surface area contributed by atoms with Gasteiger partial charge in [0.1, 0.15) is 0 Å². The van der Waals surface area contributed by atoms with Crippen molar-refractivity contribution < 1.29 is 14.3 Å². The molecule has 0 spiro atoms. The summed E-state index contributed by atoms with van der Waals surface area (Å²) in [6.45, 7) is 7.24. The maximum atomic E-state index is 12.9. The van der Waals surface area contributed by atoms with Crippen molar-refractivity contribution in [2.24, 2.45) is 0 Å². The lowest BCUT2D eigenvalue weighted by atomic mass is 10.1. The van der Waals surface area contributed by atoms with Gasteiger partial charge in [-0.05, 0) is 51.8 Å². The minimum absolute atomic E-state index is 0.00851. The summed E-state index contributed by atoms with van der Waals surface area (Å²) in [5, 5.41) is 4.16. The van der Waals surface area contributed by atoms with Crippen LogP contribution in [-0.4, -0.2) is 43.6 Å². The summed E-state index contributed by atoms with van der Waals surface area (Å²) in [4.78, 5) is 35.5. The van der Waals surface area contributed by atoms with E-state index in [1.54, 1.807) is 11.8 Å². The average Bonchev–Trinajstić information content (AvgIpc) is 3.21. The van der Waals surface area contributed by atoms with Crippen LogP contribution in [0.5, 0.6) is 0 Å². The lowest BCUT2D eigenvalue weighted by Crippen LogP contribution is -2.43. The van der Waals surface area contributed by atoms with Gasteiger partial charge < -0.3 is 9.64 Å². The molecule has 28 heavy (non-hydrogen) atoms. The molecule has 3 aromatic rings. The number of hydrogen-bond acceptors (Lipinski definition) is 6. The highest BCUT2D eigenvalue weighted by Crippen LogP contribution is 2.32. The Morgan fingerprint density at radius 3 is 2.75 bits per heavy atom. The SMILES string of the molecule is Cc1cc(C)n2nc(C(=O)O[C@@H](C)C(=O)N3c4ccccc4C[C@H]3C)nc2n1. The number of ether oxygens (including phenoxy) is 1. The van der Waals surface area contributed by atoms with E-state index < -0.39 is 12.1 Å². The van der Waals surface area contributed by atoms with E-state index in [-0.39, 0.29) is 17.8 Å². The van der Waals surface area contributed by atoms with Crippen LogP contribution in [0.25, 0.3) is 5.78 Å². The van der Waals surface area contributed by atoms with E-state index in [1.165, 1.54) is 4.52 Å². The van der Waals surface area contributed by atoms with Crippen molar-refractivity contribution in [2.45, 2.75) is 46.3 Å². The Kier molecular flexibility index (Phi) is 4.33. The molecule has 0 fully saturated rings. The van der Waals surface area contributed by atoms with Crippen molar-refractivity contribution in [1.82, 2.24) is 19.6 Å². The van der Waals surface area contributed by atoms with Crippen LogP contribution in [0.1, 0.15) is 41.4 Å². The third-order valence-electron chi connectivity index (χ3n) is 4.88. The largest absolute Gasteiger partial charge is 0.447 e. The van der Waals surface area contributed by atoms with Crippen molar-refractivity contribution in [2.75, 3.05) is 4.90 Å². The number of carbonyl (C=O) groups is 2. The van der Waals surface area contributed by atoms with E-state index in [0.29, 0.717) is 5.78 Å². The number of para-hydroxylation sites is 1. The van der Waals surface area contributed by atoms with E-state index in [2.05, 4.69) is 15.1 Å². The predicted molar refractivity (Wildman–Crippen MR) is 102 cm³/mol. The van der Waals surface area contributed by atoms with Crippen LogP contribution < -0.4 is 4.90 Å². The number of anilines is 1. The van der Waals surface area contributed by atoms with Crippen molar-refractivity contribution >= 4 is 23.3 Å². The molecule has 144 valence electrons. The number of aromatic nitrogens is 4. The van der Waals surface area contributed by atoms with Crippen molar-refractivity contribution in [3.8, 4) is 0 Å². The molecule has 0 unspecified atom stereocenters. The van der Waals surface area contributed by atoms with Crippen LogP contribution in [-0.2, 0) is 16.0 Å². The van der Waals surface area contributed by atoms with E-state index in [4.69, 9.17) is 4.74 Å². The third-order valence-corrected chi connectivity index (χ3v) is 4.88. The van der Waals surface area contributed by atoms with Crippen molar-refractivity contribution in [3.63, 3.8) is 0 Å². The lowest BCUT2D eigenvalue weighted by molar-refractivity contribution is -0.126. The highest BCUT2D eigenvalue weighted by atomic mass is 16.5. The average molecular weight is 379 g/mol. The summed E-state index contributed by atoms with van der Waals surface area (Å²) in [6.07, 6.45) is -0.176. The molecule has 0 N–H and O–H groups in total. The molecule has 2 atom stereocenters. The van der Waals surface area contributed by atoms with Gasteiger partial charge in [0, 0.05) is 23.1 Å². The highest BCUT2D eigenvalue weighted by molar-refractivity contribution is 6.00. The van der Waals surface area contributed by atoms with Crippen LogP contribution in [0, 0.1) is 13.8 Å². The Morgan fingerprint density at radius 2 is 1.96 bits per heavy atom. The normalized spacial score (nSPS) is 16.9. The minimum Gasteiger partial charge on any atom is -0.447 e. The van der Waals surface area contributed by atoms with E-state index in [0.717, 1.165) is 29.1 Å². The molecule has 0 radical (unpaired) electrons. The van der Waals surface area contributed by atoms with Gasteiger partial charge in [-0.2, -0.15) is 4.98 Å². The molecule has 1 aromatic carbocycles. The zero-order valence-electron chi connectivity index (χ0n) is 16.2. The molecule has 8 nitrogen and oxygen atoms in total. The quantitative estimate of drug-likeness (QED) is 0.649. The molecule has 0 saturated heterocycles. The molecule has 8 heteroatoms. The van der Waals surface area contributed by atoms with Crippen LogP contribution in [0.2, 0.25) is 0 Å². The first kappa shape index (κ1) is 18.1. The molecule has 3 heterocycles. The van der Waals surface area contributed by atoms with Crippen LogP contribution in [0.15, 0.2) is 30.3 Å². The number of benzene rings is 1. The molecular formula is C20H21N5O3. The van der Waals surface area contributed by atoms with E-state index in [9.17, 15) is 9.59 Å². The van der Waals surface area contributed by atoms with Crippen LogP contribution >= 0.6 is 0 Å². The monoisotopic (exact) mass is 379 g/mol. The van der Waals surface area contributed by atoms with Gasteiger partial charge in [0.2, 0.25) is 0 Å². The highest BCUT2D eigenvalue weighted by Gasteiger charge is 2.35. The molecule has 2 aromatic heterocycles. The Hall–Kier alpha value is -3.29. The summed E-state index contributed by atoms with van der Waals surface area (Å²) in [6, 6.07) is 9.62.